The Bertz CT molecular complexity index is 1170. The molecule has 0 unspecified atom stereocenters. The van der Waals surface area contributed by atoms with Gasteiger partial charge in [-0.05, 0) is 68.1 Å². The van der Waals surface area contributed by atoms with Crippen LogP contribution in [0.25, 0.3) is 0 Å². The third-order valence-corrected chi connectivity index (χ3v) is 6.74. The molecule has 0 aliphatic carbocycles. The van der Waals surface area contributed by atoms with E-state index in [0.717, 1.165) is 16.7 Å². The fourth-order valence-corrected chi connectivity index (χ4v) is 4.59. The lowest BCUT2D eigenvalue weighted by molar-refractivity contribution is 0.0939. The van der Waals surface area contributed by atoms with E-state index in [-0.39, 0.29) is 16.8 Å². The van der Waals surface area contributed by atoms with Crippen molar-refractivity contribution in [3.63, 3.8) is 0 Å². The van der Waals surface area contributed by atoms with E-state index in [9.17, 15) is 13.2 Å². The molecule has 1 atom stereocenters. The number of hydrogen-bond acceptors (Lipinski definition) is 3. The highest BCUT2D eigenvalue weighted by Crippen LogP contribution is 2.24. The van der Waals surface area contributed by atoms with E-state index >= 15 is 0 Å². The first kappa shape index (κ1) is 21.6. The van der Waals surface area contributed by atoms with Gasteiger partial charge in [0, 0.05) is 5.56 Å². The van der Waals surface area contributed by atoms with Gasteiger partial charge in [0.25, 0.3) is 15.9 Å². The van der Waals surface area contributed by atoms with E-state index in [1.165, 1.54) is 6.07 Å². The molecule has 0 aromatic heterocycles. The van der Waals surface area contributed by atoms with Gasteiger partial charge in [-0.2, -0.15) is 0 Å². The van der Waals surface area contributed by atoms with Crippen molar-refractivity contribution in [3.05, 3.63) is 94.5 Å². The number of hydrogen-bond donors (Lipinski definition) is 2. The number of aryl methyl sites for hydroxylation is 2. The van der Waals surface area contributed by atoms with Crippen LogP contribution in [0.1, 0.15) is 45.6 Å². The second-order valence-electron chi connectivity index (χ2n) is 7.44. The Hall–Kier alpha value is -3.12. The molecule has 6 heteroatoms. The summed E-state index contributed by atoms with van der Waals surface area (Å²) < 4.78 is 28.8. The van der Waals surface area contributed by atoms with Crippen molar-refractivity contribution >= 4 is 21.6 Å². The van der Waals surface area contributed by atoms with E-state index in [1.54, 1.807) is 25.1 Å². The molecule has 3 rings (SSSR count). The smallest absolute Gasteiger partial charge is 0.262 e. The highest BCUT2D eigenvalue weighted by Gasteiger charge is 2.21. The molecule has 3 aromatic carbocycles. The van der Waals surface area contributed by atoms with Crippen molar-refractivity contribution < 1.29 is 13.2 Å². The Balaban J connectivity index is 1.87. The van der Waals surface area contributed by atoms with Gasteiger partial charge in [0.05, 0.1) is 16.6 Å². The number of nitrogens with one attached hydrogen (secondary N) is 2. The largest absolute Gasteiger partial charge is 0.346 e. The number of benzene rings is 3. The van der Waals surface area contributed by atoms with E-state index in [1.807, 2.05) is 63.2 Å². The zero-order valence-corrected chi connectivity index (χ0v) is 18.4. The van der Waals surface area contributed by atoms with Crippen LogP contribution in [-0.2, 0) is 10.0 Å². The Labute approximate surface area is 178 Å². The Morgan fingerprint density at radius 1 is 0.867 bits per heavy atom. The lowest BCUT2D eigenvalue weighted by atomic mass is 10.1. The molecule has 0 bridgehead atoms. The van der Waals surface area contributed by atoms with Crippen LogP contribution in [0.3, 0.4) is 0 Å². The molecule has 0 saturated heterocycles. The minimum atomic E-state index is -3.85. The molecule has 0 heterocycles. The summed E-state index contributed by atoms with van der Waals surface area (Å²) in [5, 5.41) is 2.92. The van der Waals surface area contributed by atoms with Crippen molar-refractivity contribution in [3.8, 4) is 0 Å². The fourth-order valence-electron chi connectivity index (χ4n) is 3.20. The van der Waals surface area contributed by atoms with Crippen molar-refractivity contribution in [2.45, 2.75) is 38.6 Å². The summed E-state index contributed by atoms with van der Waals surface area (Å²) in [7, 11) is -3.85. The highest BCUT2D eigenvalue weighted by atomic mass is 32.2. The molecule has 0 saturated carbocycles. The van der Waals surface area contributed by atoms with Gasteiger partial charge in [0.1, 0.15) is 0 Å². The molecule has 0 aliphatic rings. The summed E-state index contributed by atoms with van der Waals surface area (Å²) in [5.74, 6) is -0.325. The van der Waals surface area contributed by atoms with Gasteiger partial charge < -0.3 is 5.32 Å². The zero-order chi connectivity index (χ0) is 21.9. The number of carbonyl (C=O) groups is 1. The van der Waals surface area contributed by atoms with Crippen molar-refractivity contribution in [1.82, 2.24) is 5.32 Å². The monoisotopic (exact) mass is 422 g/mol. The Morgan fingerprint density at radius 2 is 1.57 bits per heavy atom. The zero-order valence-electron chi connectivity index (χ0n) is 17.6. The summed E-state index contributed by atoms with van der Waals surface area (Å²) in [6, 6.07) is 19.6. The third kappa shape index (κ3) is 4.71. The molecule has 1 amide bonds. The van der Waals surface area contributed by atoms with Gasteiger partial charge >= 0.3 is 0 Å². The van der Waals surface area contributed by atoms with Gasteiger partial charge in [0.15, 0.2) is 0 Å². The maximum atomic E-state index is 13.1. The number of amides is 1. The molecule has 5 nitrogen and oxygen atoms in total. The molecular weight excluding hydrogens is 396 g/mol. The Kier molecular flexibility index (Phi) is 6.27. The predicted molar refractivity (Wildman–Crippen MR) is 120 cm³/mol. The second-order valence-corrected chi connectivity index (χ2v) is 9.09. The topological polar surface area (TPSA) is 75.3 Å². The Morgan fingerprint density at radius 3 is 2.27 bits per heavy atom. The SMILES string of the molecule is Cc1ccc(C(=O)N[C@@H](C)c2ccccc2)cc1S(=O)(=O)Nc1cccc(C)c1C. The molecule has 3 aromatic rings. The lowest BCUT2D eigenvalue weighted by Crippen LogP contribution is -2.27. The summed E-state index contributed by atoms with van der Waals surface area (Å²) in [4.78, 5) is 12.8. The van der Waals surface area contributed by atoms with E-state index < -0.39 is 10.0 Å². The van der Waals surface area contributed by atoms with Crippen LogP contribution in [0.15, 0.2) is 71.6 Å². The van der Waals surface area contributed by atoms with Gasteiger partial charge in [-0.15, -0.1) is 0 Å². The van der Waals surface area contributed by atoms with Crippen molar-refractivity contribution in [2.24, 2.45) is 0 Å². The summed E-state index contributed by atoms with van der Waals surface area (Å²) in [5.41, 5.74) is 4.23. The third-order valence-electron chi connectivity index (χ3n) is 5.24. The number of carbonyl (C=O) groups excluding carboxylic acids is 1. The number of sulfonamides is 1. The standard InChI is InChI=1S/C24H26N2O3S/c1-16-9-8-12-22(18(16)3)26-30(28,29)23-15-21(14-13-17(23)2)24(27)25-19(4)20-10-6-5-7-11-20/h5-15,19,26H,1-4H3,(H,25,27)/t19-/m0/s1. The average Bonchev–Trinajstić information content (AvgIpc) is 2.72. The van der Waals surface area contributed by atoms with Gasteiger partial charge in [0.2, 0.25) is 0 Å². The molecule has 0 fully saturated rings. The normalized spacial score (nSPS) is 12.3. The van der Waals surface area contributed by atoms with Crippen LogP contribution < -0.4 is 10.0 Å². The quantitative estimate of drug-likeness (QED) is 0.593. The van der Waals surface area contributed by atoms with Crippen molar-refractivity contribution in [2.75, 3.05) is 4.72 Å². The number of rotatable bonds is 6. The van der Waals surface area contributed by atoms with Crippen LogP contribution >= 0.6 is 0 Å². The summed E-state index contributed by atoms with van der Waals surface area (Å²) in [6.07, 6.45) is 0. The fraction of sp³-hybridized carbons (Fsp3) is 0.208. The summed E-state index contributed by atoms with van der Waals surface area (Å²) >= 11 is 0. The predicted octanol–water partition coefficient (Wildman–Crippen LogP) is 4.90. The maximum absolute atomic E-state index is 13.1. The van der Waals surface area contributed by atoms with Crippen LogP contribution in [0.4, 0.5) is 5.69 Å². The van der Waals surface area contributed by atoms with Gasteiger partial charge in [-0.25, -0.2) is 8.42 Å². The van der Waals surface area contributed by atoms with Gasteiger partial charge in [-0.3, -0.25) is 9.52 Å². The van der Waals surface area contributed by atoms with Crippen LogP contribution in [0.2, 0.25) is 0 Å². The highest BCUT2D eigenvalue weighted by molar-refractivity contribution is 7.92. The van der Waals surface area contributed by atoms with Crippen LogP contribution in [0.5, 0.6) is 0 Å². The molecule has 156 valence electrons. The van der Waals surface area contributed by atoms with Gasteiger partial charge in [-0.1, -0.05) is 48.5 Å². The molecular formula is C24H26N2O3S. The molecule has 0 radical (unpaired) electrons. The van der Waals surface area contributed by atoms with Crippen LogP contribution in [0, 0.1) is 20.8 Å². The number of anilines is 1. The first-order valence-corrected chi connectivity index (χ1v) is 11.2. The molecule has 0 aliphatic heterocycles. The van der Waals surface area contributed by atoms with Crippen molar-refractivity contribution in [1.29, 1.82) is 0 Å². The van der Waals surface area contributed by atoms with E-state index in [4.69, 9.17) is 0 Å². The van der Waals surface area contributed by atoms with E-state index in [2.05, 4.69) is 10.0 Å². The first-order valence-electron chi connectivity index (χ1n) is 9.74. The minimum Gasteiger partial charge on any atom is -0.346 e. The maximum Gasteiger partial charge on any atom is 0.262 e. The molecule has 30 heavy (non-hydrogen) atoms. The first-order chi connectivity index (χ1) is 14.2. The average molecular weight is 423 g/mol. The molecule has 2 N–H and O–H groups in total. The minimum absolute atomic E-state index is 0.0865. The van der Waals surface area contributed by atoms with Crippen LogP contribution in [-0.4, -0.2) is 14.3 Å². The molecule has 0 spiro atoms. The second kappa shape index (κ2) is 8.71. The lowest BCUT2D eigenvalue weighted by Gasteiger charge is -2.16. The van der Waals surface area contributed by atoms with E-state index in [0.29, 0.717) is 16.8 Å². The summed E-state index contributed by atoms with van der Waals surface area (Å²) in [6.45, 7) is 7.40.